The largest absolute Gasteiger partial charge is 0.368 e. The number of nitrogens with zero attached hydrogens (tertiary/aromatic N) is 5. The highest BCUT2D eigenvalue weighted by Gasteiger charge is 2.20. The number of nitrogen functional groups attached to an aromatic ring is 1. The summed E-state index contributed by atoms with van der Waals surface area (Å²) in [5.74, 6) is 2.68. The molecule has 0 saturated carbocycles. The van der Waals surface area contributed by atoms with Crippen molar-refractivity contribution in [2.24, 2.45) is 0 Å². The molecule has 0 aromatic carbocycles. The van der Waals surface area contributed by atoms with Crippen LogP contribution in [0.1, 0.15) is 6.92 Å². The van der Waals surface area contributed by atoms with Crippen molar-refractivity contribution < 1.29 is 0 Å². The fraction of sp³-hybridized carbons (Fsp3) is 0.700. The minimum Gasteiger partial charge on any atom is -0.368 e. The summed E-state index contributed by atoms with van der Waals surface area (Å²) >= 11 is 1.98. The standard InChI is InChI=1S/C10H18N6S/c1-7-6-16(4-5-17-7)10-13-8(11)12-9(14-10)15(2)3/h7H,4-6H2,1-3H3,(H2,11,12,13,14). The van der Waals surface area contributed by atoms with Crippen molar-refractivity contribution in [3.05, 3.63) is 0 Å². The third-order valence-corrected chi connectivity index (χ3v) is 3.69. The maximum absolute atomic E-state index is 5.72. The lowest BCUT2D eigenvalue weighted by Gasteiger charge is -2.30. The number of hydrogen-bond acceptors (Lipinski definition) is 7. The Labute approximate surface area is 106 Å². The van der Waals surface area contributed by atoms with Gasteiger partial charge in [0.25, 0.3) is 0 Å². The van der Waals surface area contributed by atoms with Gasteiger partial charge in [0.15, 0.2) is 0 Å². The van der Waals surface area contributed by atoms with Crippen LogP contribution in [0.5, 0.6) is 0 Å². The second kappa shape index (κ2) is 4.95. The number of aromatic nitrogens is 3. The quantitative estimate of drug-likeness (QED) is 0.822. The SMILES string of the molecule is CC1CN(c2nc(N)nc(N(C)C)n2)CCS1. The molecule has 2 heterocycles. The van der Waals surface area contributed by atoms with Gasteiger partial charge in [-0.1, -0.05) is 6.92 Å². The van der Waals surface area contributed by atoms with Gasteiger partial charge in [-0.25, -0.2) is 0 Å². The summed E-state index contributed by atoms with van der Waals surface area (Å²) in [6.07, 6.45) is 0. The maximum atomic E-state index is 5.72. The van der Waals surface area contributed by atoms with Crippen LogP contribution in [-0.2, 0) is 0 Å². The highest BCUT2D eigenvalue weighted by Crippen LogP contribution is 2.22. The first-order valence-electron chi connectivity index (χ1n) is 5.61. The molecule has 1 fully saturated rings. The van der Waals surface area contributed by atoms with Gasteiger partial charge in [-0.05, 0) is 0 Å². The number of thioether (sulfide) groups is 1. The van der Waals surface area contributed by atoms with Gasteiger partial charge in [0, 0.05) is 38.2 Å². The van der Waals surface area contributed by atoms with Crippen LogP contribution in [-0.4, -0.2) is 53.1 Å². The highest BCUT2D eigenvalue weighted by atomic mass is 32.2. The van der Waals surface area contributed by atoms with Crippen LogP contribution in [0.2, 0.25) is 0 Å². The van der Waals surface area contributed by atoms with E-state index in [1.165, 1.54) is 0 Å². The van der Waals surface area contributed by atoms with E-state index in [2.05, 4.69) is 26.8 Å². The van der Waals surface area contributed by atoms with Gasteiger partial charge in [0.05, 0.1) is 0 Å². The molecule has 1 aliphatic rings. The van der Waals surface area contributed by atoms with Crippen molar-refractivity contribution >= 4 is 29.6 Å². The summed E-state index contributed by atoms with van der Waals surface area (Å²) in [7, 11) is 3.79. The zero-order valence-corrected chi connectivity index (χ0v) is 11.2. The van der Waals surface area contributed by atoms with Gasteiger partial charge in [-0.15, -0.1) is 0 Å². The van der Waals surface area contributed by atoms with Gasteiger partial charge in [-0.3, -0.25) is 0 Å². The molecule has 7 heteroatoms. The number of anilines is 3. The van der Waals surface area contributed by atoms with Crippen molar-refractivity contribution in [3.63, 3.8) is 0 Å². The Hall–Kier alpha value is -1.24. The molecule has 94 valence electrons. The molecule has 0 spiro atoms. The minimum atomic E-state index is 0.282. The number of hydrogen-bond donors (Lipinski definition) is 1. The van der Waals surface area contributed by atoms with Gasteiger partial charge in [0.1, 0.15) is 0 Å². The Kier molecular flexibility index (Phi) is 3.56. The Morgan fingerprint density at radius 3 is 2.76 bits per heavy atom. The molecule has 1 atom stereocenters. The number of nitrogens with two attached hydrogens (primary N) is 1. The predicted octanol–water partition coefficient (Wildman–Crippen LogP) is 0.462. The average Bonchev–Trinajstić information content (AvgIpc) is 2.28. The lowest BCUT2D eigenvalue weighted by Crippen LogP contribution is -2.38. The Bertz CT molecular complexity index is 396. The summed E-state index contributed by atoms with van der Waals surface area (Å²) in [6.45, 7) is 4.14. The summed E-state index contributed by atoms with van der Waals surface area (Å²) in [4.78, 5) is 16.8. The summed E-state index contributed by atoms with van der Waals surface area (Å²) in [6, 6.07) is 0. The van der Waals surface area contributed by atoms with E-state index < -0.39 is 0 Å². The molecule has 6 nitrogen and oxygen atoms in total. The molecule has 17 heavy (non-hydrogen) atoms. The molecule has 1 aromatic heterocycles. The van der Waals surface area contributed by atoms with Crippen molar-refractivity contribution in [3.8, 4) is 0 Å². The second-order valence-electron chi connectivity index (χ2n) is 4.32. The molecule has 0 aliphatic carbocycles. The second-order valence-corrected chi connectivity index (χ2v) is 5.86. The molecule has 0 radical (unpaired) electrons. The van der Waals surface area contributed by atoms with Gasteiger partial charge in [0.2, 0.25) is 17.8 Å². The van der Waals surface area contributed by atoms with E-state index in [0.717, 1.165) is 18.8 Å². The first kappa shape index (κ1) is 12.2. The first-order valence-corrected chi connectivity index (χ1v) is 6.66. The normalized spacial score (nSPS) is 20.4. The molecule has 1 unspecified atom stereocenters. The first-order chi connectivity index (χ1) is 8.06. The Balaban J connectivity index is 2.25. The molecule has 0 amide bonds. The zero-order chi connectivity index (χ0) is 12.4. The highest BCUT2D eigenvalue weighted by molar-refractivity contribution is 8.00. The van der Waals surface area contributed by atoms with Crippen LogP contribution in [0.3, 0.4) is 0 Å². The molecule has 1 aromatic rings. The maximum Gasteiger partial charge on any atom is 0.232 e. The molecule has 1 saturated heterocycles. The van der Waals surface area contributed by atoms with Gasteiger partial charge >= 0.3 is 0 Å². The molecule has 2 N–H and O–H groups in total. The lowest BCUT2D eigenvalue weighted by molar-refractivity contribution is 0.749. The Morgan fingerprint density at radius 2 is 2.12 bits per heavy atom. The van der Waals surface area contributed by atoms with E-state index in [4.69, 9.17) is 5.73 Å². The van der Waals surface area contributed by atoms with E-state index >= 15 is 0 Å². The topological polar surface area (TPSA) is 71.2 Å². The van der Waals surface area contributed by atoms with E-state index in [1.54, 1.807) is 0 Å². The van der Waals surface area contributed by atoms with Crippen LogP contribution in [0, 0.1) is 0 Å². The summed E-state index contributed by atoms with van der Waals surface area (Å²) in [5, 5.41) is 0.601. The predicted molar refractivity (Wildman–Crippen MR) is 72.7 cm³/mol. The van der Waals surface area contributed by atoms with Crippen molar-refractivity contribution in [2.45, 2.75) is 12.2 Å². The summed E-state index contributed by atoms with van der Waals surface area (Å²) < 4.78 is 0. The average molecular weight is 254 g/mol. The third kappa shape index (κ3) is 2.91. The van der Waals surface area contributed by atoms with Gasteiger partial charge in [-0.2, -0.15) is 26.7 Å². The van der Waals surface area contributed by atoms with Crippen LogP contribution in [0.25, 0.3) is 0 Å². The van der Waals surface area contributed by atoms with Crippen molar-refractivity contribution in [1.29, 1.82) is 0 Å². The van der Waals surface area contributed by atoms with Crippen LogP contribution in [0.4, 0.5) is 17.8 Å². The molecule has 1 aliphatic heterocycles. The fourth-order valence-electron chi connectivity index (χ4n) is 1.71. The van der Waals surface area contributed by atoms with Crippen molar-refractivity contribution in [2.75, 3.05) is 48.5 Å². The lowest BCUT2D eigenvalue weighted by atomic mass is 10.4. The Morgan fingerprint density at radius 1 is 1.35 bits per heavy atom. The van der Waals surface area contributed by atoms with Crippen LogP contribution < -0.4 is 15.5 Å². The van der Waals surface area contributed by atoms with E-state index in [1.807, 2.05) is 30.8 Å². The number of rotatable bonds is 2. The minimum absolute atomic E-state index is 0.282. The molecular weight excluding hydrogens is 236 g/mol. The van der Waals surface area contributed by atoms with E-state index in [9.17, 15) is 0 Å². The zero-order valence-electron chi connectivity index (χ0n) is 10.4. The monoisotopic (exact) mass is 254 g/mol. The molecule has 0 bridgehead atoms. The summed E-state index contributed by atoms with van der Waals surface area (Å²) in [5.41, 5.74) is 5.72. The van der Waals surface area contributed by atoms with Crippen molar-refractivity contribution in [1.82, 2.24) is 15.0 Å². The third-order valence-electron chi connectivity index (χ3n) is 2.55. The molecular formula is C10H18N6S. The van der Waals surface area contributed by atoms with Crippen LogP contribution >= 0.6 is 11.8 Å². The molecule has 2 rings (SSSR count). The fourth-order valence-corrected chi connectivity index (χ4v) is 2.72. The van der Waals surface area contributed by atoms with E-state index in [-0.39, 0.29) is 5.95 Å². The smallest absolute Gasteiger partial charge is 0.232 e. The van der Waals surface area contributed by atoms with Crippen LogP contribution in [0.15, 0.2) is 0 Å². The van der Waals surface area contributed by atoms with Gasteiger partial charge < -0.3 is 15.5 Å². The van der Waals surface area contributed by atoms with E-state index in [0.29, 0.717) is 17.1 Å².